The second kappa shape index (κ2) is 5.25. The number of hydrogen-bond donors (Lipinski definition) is 0. The van der Waals surface area contributed by atoms with Crippen molar-refractivity contribution in [3.8, 4) is 11.3 Å². The maximum absolute atomic E-state index is 11.0. The molecule has 3 aromatic rings. The molecule has 0 spiro atoms. The Balaban J connectivity index is 2.28. The number of carbonyl (C=O) groups excluding carboxylic acids is 1. The number of furan rings is 1. The second-order valence-corrected chi connectivity index (χ2v) is 6.73. The molecule has 0 aliphatic carbocycles. The summed E-state index contributed by atoms with van der Waals surface area (Å²) in [5, 5.41) is 0.687. The molecule has 0 aliphatic rings. The Morgan fingerprint density at radius 1 is 1.14 bits per heavy atom. The number of halogens is 1. The summed E-state index contributed by atoms with van der Waals surface area (Å²) < 4.78 is 5.63. The SMILES string of the molecule is CC(C)(C)c1cc(-c2ccc(Cl)cc2)nc2cc(C=O)oc12. The van der Waals surface area contributed by atoms with E-state index >= 15 is 0 Å². The number of carbonyl (C=O) groups is 1. The van der Waals surface area contributed by atoms with E-state index in [1.807, 2.05) is 30.3 Å². The minimum atomic E-state index is -0.125. The van der Waals surface area contributed by atoms with E-state index < -0.39 is 0 Å². The first-order valence-corrected chi connectivity index (χ1v) is 7.42. The third kappa shape index (κ3) is 2.64. The van der Waals surface area contributed by atoms with E-state index in [1.165, 1.54) is 0 Å². The van der Waals surface area contributed by atoms with Gasteiger partial charge in [0, 0.05) is 22.2 Å². The molecule has 0 aliphatic heterocycles. The number of benzene rings is 1. The predicted molar refractivity (Wildman–Crippen MR) is 88.5 cm³/mol. The van der Waals surface area contributed by atoms with E-state index in [9.17, 15) is 4.79 Å². The Bertz CT molecular complexity index is 842. The lowest BCUT2D eigenvalue weighted by molar-refractivity contribution is 0.110. The first kappa shape index (κ1) is 14.8. The summed E-state index contributed by atoms with van der Waals surface area (Å²) in [6, 6.07) is 11.2. The molecule has 0 fully saturated rings. The Morgan fingerprint density at radius 2 is 1.82 bits per heavy atom. The number of aldehydes is 1. The van der Waals surface area contributed by atoms with Crippen molar-refractivity contribution < 1.29 is 9.21 Å². The van der Waals surface area contributed by atoms with Crippen LogP contribution < -0.4 is 0 Å². The minimum absolute atomic E-state index is 0.125. The third-order valence-electron chi connectivity index (χ3n) is 3.56. The van der Waals surface area contributed by atoms with Crippen LogP contribution in [0.1, 0.15) is 36.9 Å². The van der Waals surface area contributed by atoms with Gasteiger partial charge in [0.2, 0.25) is 0 Å². The highest BCUT2D eigenvalue weighted by Gasteiger charge is 2.22. The van der Waals surface area contributed by atoms with Gasteiger partial charge in [-0.2, -0.15) is 0 Å². The molecule has 0 saturated carbocycles. The molecule has 0 amide bonds. The Labute approximate surface area is 133 Å². The summed E-state index contributed by atoms with van der Waals surface area (Å²) in [4.78, 5) is 15.6. The average Bonchev–Trinajstić information content (AvgIpc) is 2.88. The van der Waals surface area contributed by atoms with E-state index in [2.05, 4.69) is 25.8 Å². The first-order valence-electron chi connectivity index (χ1n) is 7.04. The van der Waals surface area contributed by atoms with E-state index in [0.717, 1.165) is 16.8 Å². The molecule has 2 aromatic heterocycles. The van der Waals surface area contributed by atoms with E-state index in [1.54, 1.807) is 6.07 Å². The zero-order chi connectivity index (χ0) is 15.9. The van der Waals surface area contributed by atoms with Crippen molar-refractivity contribution in [2.75, 3.05) is 0 Å². The normalized spacial score (nSPS) is 11.8. The van der Waals surface area contributed by atoms with Crippen LogP contribution in [0.3, 0.4) is 0 Å². The lowest BCUT2D eigenvalue weighted by atomic mass is 9.86. The monoisotopic (exact) mass is 313 g/mol. The van der Waals surface area contributed by atoms with Crippen LogP contribution in [0.15, 0.2) is 40.8 Å². The molecule has 3 nitrogen and oxygen atoms in total. The summed E-state index contributed by atoms with van der Waals surface area (Å²) in [7, 11) is 0. The maximum atomic E-state index is 11.0. The van der Waals surface area contributed by atoms with Crippen molar-refractivity contribution in [3.05, 3.63) is 52.7 Å². The molecule has 0 radical (unpaired) electrons. The van der Waals surface area contributed by atoms with Gasteiger partial charge in [-0.1, -0.05) is 44.5 Å². The quantitative estimate of drug-likeness (QED) is 0.606. The molecule has 4 heteroatoms. The van der Waals surface area contributed by atoms with Crippen molar-refractivity contribution in [2.24, 2.45) is 0 Å². The van der Waals surface area contributed by atoms with Crippen LogP contribution in [0.2, 0.25) is 5.02 Å². The number of hydrogen-bond acceptors (Lipinski definition) is 3. The topological polar surface area (TPSA) is 43.1 Å². The molecule has 3 rings (SSSR count). The highest BCUT2D eigenvalue weighted by molar-refractivity contribution is 6.30. The molecule has 0 saturated heterocycles. The van der Waals surface area contributed by atoms with Crippen LogP contribution in [-0.2, 0) is 5.41 Å². The van der Waals surface area contributed by atoms with Gasteiger partial charge >= 0.3 is 0 Å². The molecule has 1 aromatic carbocycles. The number of rotatable bonds is 2. The molecule has 112 valence electrons. The van der Waals surface area contributed by atoms with Crippen molar-refractivity contribution in [1.29, 1.82) is 0 Å². The Hall–Kier alpha value is -2.13. The van der Waals surface area contributed by atoms with Crippen molar-refractivity contribution in [2.45, 2.75) is 26.2 Å². The van der Waals surface area contributed by atoms with Gasteiger partial charge in [0.25, 0.3) is 0 Å². The zero-order valence-electron chi connectivity index (χ0n) is 12.7. The van der Waals surface area contributed by atoms with Gasteiger partial charge in [0.05, 0.1) is 5.69 Å². The van der Waals surface area contributed by atoms with Gasteiger partial charge < -0.3 is 4.42 Å². The highest BCUT2D eigenvalue weighted by Crippen LogP contribution is 2.34. The van der Waals surface area contributed by atoms with Crippen LogP contribution in [0, 0.1) is 0 Å². The second-order valence-electron chi connectivity index (χ2n) is 6.29. The average molecular weight is 314 g/mol. The van der Waals surface area contributed by atoms with Gasteiger partial charge in [-0.05, 0) is 23.6 Å². The third-order valence-corrected chi connectivity index (χ3v) is 3.81. The van der Waals surface area contributed by atoms with E-state index in [0.29, 0.717) is 28.2 Å². The fraction of sp³-hybridized carbons (Fsp3) is 0.222. The molecule has 22 heavy (non-hydrogen) atoms. The molecule has 0 atom stereocenters. The summed E-state index contributed by atoms with van der Waals surface area (Å²) in [6.07, 6.45) is 0.704. The van der Waals surface area contributed by atoms with Crippen LogP contribution >= 0.6 is 11.6 Å². The molecule has 0 unspecified atom stereocenters. The summed E-state index contributed by atoms with van der Waals surface area (Å²) in [5.74, 6) is 0.293. The Kier molecular flexibility index (Phi) is 3.53. The number of pyridine rings is 1. The van der Waals surface area contributed by atoms with Crippen LogP contribution in [0.5, 0.6) is 0 Å². The van der Waals surface area contributed by atoms with Crippen molar-refractivity contribution >= 4 is 29.0 Å². The van der Waals surface area contributed by atoms with Gasteiger partial charge in [-0.25, -0.2) is 4.98 Å². The summed E-state index contributed by atoms with van der Waals surface area (Å²) in [5.41, 5.74) is 4.08. The molecular formula is C18H16ClNO2. The lowest BCUT2D eigenvalue weighted by Crippen LogP contribution is -2.12. The first-order chi connectivity index (χ1) is 10.4. The smallest absolute Gasteiger partial charge is 0.185 e. The van der Waals surface area contributed by atoms with Gasteiger partial charge in [0.15, 0.2) is 17.6 Å². The molecule has 0 bridgehead atoms. The van der Waals surface area contributed by atoms with Crippen LogP contribution in [-0.4, -0.2) is 11.3 Å². The van der Waals surface area contributed by atoms with Gasteiger partial charge in [-0.15, -0.1) is 0 Å². The highest BCUT2D eigenvalue weighted by atomic mass is 35.5. The van der Waals surface area contributed by atoms with E-state index in [4.69, 9.17) is 16.0 Å². The summed E-state index contributed by atoms with van der Waals surface area (Å²) in [6.45, 7) is 6.32. The number of aromatic nitrogens is 1. The van der Waals surface area contributed by atoms with Gasteiger partial charge in [-0.3, -0.25) is 4.79 Å². The zero-order valence-corrected chi connectivity index (χ0v) is 13.4. The van der Waals surface area contributed by atoms with Crippen LogP contribution in [0.4, 0.5) is 0 Å². The minimum Gasteiger partial charge on any atom is -0.451 e. The fourth-order valence-electron chi connectivity index (χ4n) is 2.42. The van der Waals surface area contributed by atoms with Crippen molar-refractivity contribution in [1.82, 2.24) is 4.98 Å². The molecule has 0 N–H and O–H groups in total. The summed E-state index contributed by atoms with van der Waals surface area (Å²) >= 11 is 5.95. The molecule has 2 heterocycles. The largest absolute Gasteiger partial charge is 0.451 e. The van der Waals surface area contributed by atoms with Crippen LogP contribution in [0.25, 0.3) is 22.4 Å². The maximum Gasteiger partial charge on any atom is 0.185 e. The molecular weight excluding hydrogens is 298 g/mol. The van der Waals surface area contributed by atoms with Gasteiger partial charge in [0.1, 0.15) is 5.52 Å². The fourth-order valence-corrected chi connectivity index (χ4v) is 2.55. The lowest BCUT2D eigenvalue weighted by Gasteiger charge is -2.20. The van der Waals surface area contributed by atoms with E-state index in [-0.39, 0.29) is 5.41 Å². The Morgan fingerprint density at radius 3 is 2.41 bits per heavy atom. The predicted octanol–water partition coefficient (Wildman–Crippen LogP) is 5.26. The van der Waals surface area contributed by atoms with Crippen molar-refractivity contribution in [3.63, 3.8) is 0 Å². The number of nitrogens with zero attached hydrogens (tertiary/aromatic N) is 1. The standard InChI is InChI=1S/C18H16ClNO2/c1-18(2,3)14-9-15(11-4-6-12(19)7-5-11)20-16-8-13(10-21)22-17(14)16/h4-10H,1-3H3. The number of fused-ring (bicyclic) bond motifs is 1.